The molecule has 1 rings (SSSR count). The van der Waals surface area contributed by atoms with E-state index in [4.69, 9.17) is 5.11 Å². The predicted molar refractivity (Wildman–Crippen MR) is 62.2 cm³/mol. The summed E-state index contributed by atoms with van der Waals surface area (Å²) < 4.78 is 0. The lowest BCUT2D eigenvalue weighted by atomic mass is 9.86. The van der Waals surface area contributed by atoms with E-state index < -0.39 is 11.6 Å². The lowest BCUT2D eigenvalue weighted by molar-refractivity contribution is -0.136. The Balaban J connectivity index is 2.25. The minimum atomic E-state index is -0.759. The minimum Gasteiger partial charge on any atom is -0.481 e. The van der Waals surface area contributed by atoms with Gasteiger partial charge in [0.1, 0.15) is 0 Å². The molecule has 4 heteroatoms. The summed E-state index contributed by atoms with van der Waals surface area (Å²) in [5.74, 6) is -0.0767. The molecule has 0 aliphatic heterocycles. The Hall–Kier alpha value is -0.220. The number of carbonyl (C=O) groups is 1. The maximum absolute atomic E-state index is 10.5. The highest BCUT2D eigenvalue weighted by Crippen LogP contribution is 2.32. The fourth-order valence-corrected chi connectivity index (χ4v) is 3.10. The molecule has 0 bridgehead atoms. The second kappa shape index (κ2) is 5.75. The lowest BCUT2D eigenvalue weighted by Gasteiger charge is -2.32. The van der Waals surface area contributed by atoms with E-state index in [-0.39, 0.29) is 11.7 Å². The van der Waals surface area contributed by atoms with Crippen molar-refractivity contribution < 1.29 is 15.0 Å². The normalized spacial score (nSPS) is 22.3. The van der Waals surface area contributed by atoms with Crippen molar-refractivity contribution in [2.24, 2.45) is 0 Å². The van der Waals surface area contributed by atoms with Gasteiger partial charge in [0.05, 0.1) is 12.0 Å². The van der Waals surface area contributed by atoms with Crippen molar-refractivity contribution in [2.45, 2.75) is 56.3 Å². The third-order valence-electron chi connectivity index (χ3n) is 2.88. The Kier molecular flexibility index (Phi) is 4.93. The summed E-state index contributed by atoms with van der Waals surface area (Å²) in [6, 6.07) is 0. The van der Waals surface area contributed by atoms with Crippen molar-refractivity contribution in [3.8, 4) is 0 Å². The van der Waals surface area contributed by atoms with Crippen LogP contribution in [0.4, 0.5) is 0 Å². The number of rotatable bonds is 5. The van der Waals surface area contributed by atoms with Gasteiger partial charge in [-0.15, -0.1) is 0 Å². The number of hydrogen-bond donors (Lipinski definition) is 2. The van der Waals surface area contributed by atoms with Crippen molar-refractivity contribution in [1.82, 2.24) is 0 Å². The quantitative estimate of drug-likeness (QED) is 0.763. The van der Waals surface area contributed by atoms with Gasteiger partial charge < -0.3 is 10.2 Å². The van der Waals surface area contributed by atoms with E-state index >= 15 is 0 Å². The van der Waals surface area contributed by atoms with Crippen molar-refractivity contribution in [1.29, 1.82) is 0 Å². The van der Waals surface area contributed by atoms with Crippen LogP contribution in [0.3, 0.4) is 0 Å². The van der Waals surface area contributed by atoms with Crippen LogP contribution in [-0.2, 0) is 4.79 Å². The topological polar surface area (TPSA) is 57.5 Å². The van der Waals surface area contributed by atoms with Crippen LogP contribution in [0, 0.1) is 0 Å². The molecule has 1 fully saturated rings. The fraction of sp³-hybridized carbons (Fsp3) is 0.909. The van der Waals surface area contributed by atoms with Gasteiger partial charge in [0.15, 0.2) is 0 Å². The second-order valence-corrected chi connectivity index (χ2v) is 5.93. The average molecular weight is 232 g/mol. The van der Waals surface area contributed by atoms with Crippen LogP contribution in [0.15, 0.2) is 0 Å². The summed E-state index contributed by atoms with van der Waals surface area (Å²) in [6.07, 6.45) is 5.35. The zero-order valence-corrected chi connectivity index (χ0v) is 10.1. The van der Waals surface area contributed by atoms with E-state index in [2.05, 4.69) is 0 Å². The van der Waals surface area contributed by atoms with Crippen LogP contribution in [0.2, 0.25) is 0 Å². The number of hydrogen-bond acceptors (Lipinski definition) is 3. The zero-order valence-electron chi connectivity index (χ0n) is 9.24. The van der Waals surface area contributed by atoms with Crippen LogP contribution in [0.25, 0.3) is 0 Å². The standard InChI is InChI=1S/C11H20O3S/c1-9(7-10(12)13)15-8-11(14)5-3-2-4-6-11/h9,14H,2-8H2,1H3,(H,12,13). The van der Waals surface area contributed by atoms with E-state index in [1.165, 1.54) is 6.42 Å². The number of aliphatic carboxylic acids is 1. The highest BCUT2D eigenvalue weighted by molar-refractivity contribution is 7.99. The molecule has 2 N–H and O–H groups in total. The van der Waals surface area contributed by atoms with Gasteiger partial charge in [-0.25, -0.2) is 0 Å². The minimum absolute atomic E-state index is 0.0912. The molecule has 0 spiro atoms. The number of thioether (sulfide) groups is 1. The third-order valence-corrected chi connectivity index (χ3v) is 4.32. The van der Waals surface area contributed by atoms with E-state index in [0.717, 1.165) is 25.7 Å². The van der Waals surface area contributed by atoms with E-state index in [1.54, 1.807) is 11.8 Å². The largest absolute Gasteiger partial charge is 0.481 e. The Labute approximate surface area is 95.3 Å². The van der Waals surface area contributed by atoms with Crippen LogP contribution in [0.5, 0.6) is 0 Å². The van der Waals surface area contributed by atoms with Crippen LogP contribution < -0.4 is 0 Å². The first-order chi connectivity index (χ1) is 7.02. The van der Waals surface area contributed by atoms with Gasteiger partial charge in [-0.1, -0.05) is 26.2 Å². The lowest BCUT2D eigenvalue weighted by Crippen LogP contribution is -2.34. The maximum atomic E-state index is 10.5. The van der Waals surface area contributed by atoms with E-state index in [9.17, 15) is 9.90 Å². The maximum Gasteiger partial charge on any atom is 0.304 e. The van der Waals surface area contributed by atoms with Crippen LogP contribution >= 0.6 is 11.8 Å². The monoisotopic (exact) mass is 232 g/mol. The molecule has 15 heavy (non-hydrogen) atoms. The summed E-state index contributed by atoms with van der Waals surface area (Å²) in [5, 5.41) is 18.9. The first kappa shape index (κ1) is 12.8. The summed E-state index contributed by atoms with van der Waals surface area (Å²) >= 11 is 1.58. The van der Waals surface area contributed by atoms with Crippen molar-refractivity contribution in [3.63, 3.8) is 0 Å². The first-order valence-electron chi connectivity index (χ1n) is 5.58. The fourth-order valence-electron chi connectivity index (χ4n) is 1.96. The van der Waals surface area contributed by atoms with E-state index in [0.29, 0.717) is 5.75 Å². The molecule has 0 amide bonds. The van der Waals surface area contributed by atoms with Crippen molar-refractivity contribution in [2.75, 3.05) is 5.75 Å². The molecule has 0 aromatic rings. The molecule has 1 atom stereocenters. The molecule has 0 saturated heterocycles. The summed E-state index contributed by atoms with van der Waals surface area (Å²) in [7, 11) is 0. The van der Waals surface area contributed by atoms with Crippen LogP contribution in [0.1, 0.15) is 45.4 Å². The van der Waals surface area contributed by atoms with Gasteiger partial charge in [-0.3, -0.25) is 4.79 Å². The first-order valence-corrected chi connectivity index (χ1v) is 6.62. The average Bonchev–Trinajstić information content (AvgIpc) is 2.15. The van der Waals surface area contributed by atoms with E-state index in [1.807, 2.05) is 6.92 Å². The summed E-state index contributed by atoms with van der Waals surface area (Å²) in [4.78, 5) is 10.5. The zero-order chi connectivity index (χ0) is 11.3. The van der Waals surface area contributed by atoms with Gasteiger partial charge in [-0.05, 0) is 12.8 Å². The van der Waals surface area contributed by atoms with Gasteiger partial charge in [-0.2, -0.15) is 11.8 Å². The molecule has 0 heterocycles. The SMILES string of the molecule is CC(CC(=O)O)SCC1(O)CCCCC1. The highest BCUT2D eigenvalue weighted by Gasteiger charge is 2.29. The highest BCUT2D eigenvalue weighted by atomic mass is 32.2. The van der Waals surface area contributed by atoms with Gasteiger partial charge in [0, 0.05) is 11.0 Å². The van der Waals surface area contributed by atoms with Gasteiger partial charge in [0.2, 0.25) is 0 Å². The molecule has 1 aliphatic rings. The van der Waals surface area contributed by atoms with Gasteiger partial charge in [0.25, 0.3) is 0 Å². The Bertz CT molecular complexity index is 212. The number of aliphatic hydroxyl groups is 1. The summed E-state index contributed by atoms with van der Waals surface area (Å²) in [5.41, 5.74) is -0.532. The van der Waals surface area contributed by atoms with Crippen molar-refractivity contribution >= 4 is 17.7 Å². The molecule has 0 radical (unpaired) electrons. The molecule has 1 unspecified atom stereocenters. The molecule has 88 valence electrons. The molecule has 0 aromatic carbocycles. The Morgan fingerprint density at radius 2 is 2.00 bits per heavy atom. The molecular formula is C11H20O3S. The Morgan fingerprint density at radius 3 is 2.53 bits per heavy atom. The smallest absolute Gasteiger partial charge is 0.304 e. The molecule has 0 aromatic heterocycles. The van der Waals surface area contributed by atoms with Crippen molar-refractivity contribution in [3.05, 3.63) is 0 Å². The summed E-state index contributed by atoms with van der Waals surface area (Å²) in [6.45, 7) is 1.91. The third kappa shape index (κ3) is 4.89. The Morgan fingerprint density at radius 1 is 1.40 bits per heavy atom. The molecule has 1 saturated carbocycles. The number of carboxylic acid groups (broad SMARTS) is 1. The molecule has 3 nitrogen and oxygen atoms in total. The van der Waals surface area contributed by atoms with Crippen LogP contribution in [-0.4, -0.2) is 32.8 Å². The second-order valence-electron chi connectivity index (χ2n) is 4.50. The molecule has 1 aliphatic carbocycles. The number of carboxylic acids is 1. The van der Waals surface area contributed by atoms with Gasteiger partial charge >= 0.3 is 5.97 Å². The molecular weight excluding hydrogens is 212 g/mol. The predicted octanol–water partition coefficient (Wildman–Crippen LogP) is 2.28.